The minimum absolute atomic E-state index is 0.0153. The van der Waals surface area contributed by atoms with Crippen molar-refractivity contribution in [3.63, 3.8) is 0 Å². The molecule has 0 atom stereocenters. The summed E-state index contributed by atoms with van der Waals surface area (Å²) < 4.78 is 0. The molecule has 2 aliphatic heterocycles. The smallest absolute Gasteiger partial charge is 0.272 e. The molecule has 5 nitrogen and oxygen atoms in total. The zero-order valence-corrected chi connectivity index (χ0v) is 14.9. The molecule has 4 rings (SSSR count). The molecule has 3 aliphatic rings. The van der Waals surface area contributed by atoms with Crippen molar-refractivity contribution in [1.29, 1.82) is 0 Å². The van der Waals surface area contributed by atoms with Gasteiger partial charge in [0.2, 0.25) is 0 Å². The molecule has 1 aliphatic carbocycles. The van der Waals surface area contributed by atoms with E-state index in [1.54, 1.807) is 18.2 Å². The van der Waals surface area contributed by atoms with E-state index in [1.807, 2.05) is 9.80 Å². The topological polar surface area (TPSA) is 53.5 Å². The Labute approximate surface area is 149 Å². The van der Waals surface area contributed by atoms with Crippen LogP contribution in [0, 0.1) is 5.41 Å². The lowest BCUT2D eigenvalue weighted by Crippen LogP contribution is -2.34. The fraction of sp³-hybridized carbons (Fsp3) is 0.650. The summed E-state index contributed by atoms with van der Waals surface area (Å²) in [4.78, 5) is 33.6. The molecule has 25 heavy (non-hydrogen) atoms. The number of aromatic nitrogens is 1. The van der Waals surface area contributed by atoms with E-state index in [1.165, 1.54) is 32.1 Å². The number of carbonyl (C=O) groups excluding carboxylic acids is 2. The van der Waals surface area contributed by atoms with Gasteiger partial charge in [0.05, 0.1) is 0 Å². The molecule has 1 aromatic rings. The fourth-order valence-corrected chi connectivity index (χ4v) is 4.74. The van der Waals surface area contributed by atoms with Crippen molar-refractivity contribution < 1.29 is 9.59 Å². The number of hydrogen-bond donors (Lipinski definition) is 0. The van der Waals surface area contributed by atoms with Crippen LogP contribution in [0.3, 0.4) is 0 Å². The zero-order valence-electron chi connectivity index (χ0n) is 14.9. The van der Waals surface area contributed by atoms with E-state index >= 15 is 0 Å². The molecule has 1 spiro atoms. The largest absolute Gasteiger partial charge is 0.337 e. The van der Waals surface area contributed by atoms with Crippen LogP contribution in [0.15, 0.2) is 18.2 Å². The normalized spacial score (nSPS) is 22.6. The molecular formula is C20H27N3O2. The molecule has 2 saturated heterocycles. The zero-order chi connectivity index (χ0) is 17.3. The summed E-state index contributed by atoms with van der Waals surface area (Å²) in [5.41, 5.74) is 1.16. The van der Waals surface area contributed by atoms with Crippen LogP contribution in [0.25, 0.3) is 0 Å². The Kier molecular flexibility index (Phi) is 4.48. The highest BCUT2D eigenvalue weighted by Crippen LogP contribution is 2.43. The van der Waals surface area contributed by atoms with Gasteiger partial charge in [-0.1, -0.05) is 25.3 Å². The molecule has 2 amide bonds. The molecule has 1 saturated carbocycles. The summed E-state index contributed by atoms with van der Waals surface area (Å²) in [5.74, 6) is -0.0594. The van der Waals surface area contributed by atoms with Gasteiger partial charge in [-0.15, -0.1) is 0 Å². The van der Waals surface area contributed by atoms with Crippen molar-refractivity contribution in [2.24, 2.45) is 5.41 Å². The predicted molar refractivity (Wildman–Crippen MR) is 95.4 cm³/mol. The molecule has 134 valence electrons. The Hall–Kier alpha value is -1.91. The second-order valence-corrected chi connectivity index (χ2v) is 7.94. The van der Waals surface area contributed by atoms with Crippen LogP contribution in [0.4, 0.5) is 0 Å². The fourth-order valence-electron chi connectivity index (χ4n) is 4.74. The molecule has 0 bridgehead atoms. The van der Waals surface area contributed by atoms with E-state index in [2.05, 4.69) is 4.98 Å². The Balaban J connectivity index is 1.47. The number of pyridine rings is 1. The van der Waals surface area contributed by atoms with Gasteiger partial charge in [-0.2, -0.15) is 0 Å². The first-order valence-electron chi connectivity index (χ1n) is 9.73. The van der Waals surface area contributed by atoms with Crippen LogP contribution in [-0.2, 0) is 0 Å². The first-order chi connectivity index (χ1) is 12.2. The highest BCUT2D eigenvalue weighted by Gasteiger charge is 2.40. The van der Waals surface area contributed by atoms with Gasteiger partial charge in [0, 0.05) is 26.2 Å². The minimum atomic E-state index is -0.0441. The quantitative estimate of drug-likeness (QED) is 0.830. The van der Waals surface area contributed by atoms with Crippen molar-refractivity contribution in [2.45, 2.75) is 51.4 Å². The average molecular weight is 341 g/mol. The highest BCUT2D eigenvalue weighted by molar-refractivity contribution is 5.96. The van der Waals surface area contributed by atoms with Gasteiger partial charge in [-0.3, -0.25) is 9.59 Å². The Morgan fingerprint density at radius 2 is 1.44 bits per heavy atom. The lowest BCUT2D eigenvalue weighted by atomic mass is 9.73. The van der Waals surface area contributed by atoms with Gasteiger partial charge in [-0.25, -0.2) is 4.98 Å². The van der Waals surface area contributed by atoms with E-state index in [0.717, 1.165) is 45.4 Å². The number of nitrogens with zero attached hydrogens (tertiary/aromatic N) is 3. The third kappa shape index (κ3) is 3.29. The van der Waals surface area contributed by atoms with Gasteiger partial charge in [0.25, 0.3) is 11.8 Å². The van der Waals surface area contributed by atoms with Crippen LogP contribution >= 0.6 is 0 Å². The van der Waals surface area contributed by atoms with Crippen molar-refractivity contribution in [3.05, 3.63) is 29.6 Å². The molecule has 5 heteroatoms. The van der Waals surface area contributed by atoms with Crippen LogP contribution in [0.2, 0.25) is 0 Å². The van der Waals surface area contributed by atoms with Crippen molar-refractivity contribution in [2.75, 3.05) is 26.2 Å². The van der Waals surface area contributed by atoms with Crippen molar-refractivity contribution >= 4 is 11.8 Å². The molecule has 3 heterocycles. The van der Waals surface area contributed by atoms with Gasteiger partial charge >= 0.3 is 0 Å². The van der Waals surface area contributed by atoms with E-state index in [0.29, 0.717) is 16.8 Å². The van der Waals surface area contributed by atoms with Gasteiger partial charge in [-0.05, 0) is 49.7 Å². The molecule has 0 N–H and O–H groups in total. The summed E-state index contributed by atoms with van der Waals surface area (Å²) in [6.45, 7) is 3.28. The van der Waals surface area contributed by atoms with E-state index in [4.69, 9.17) is 0 Å². The molecule has 0 radical (unpaired) electrons. The number of carbonyl (C=O) groups is 2. The van der Waals surface area contributed by atoms with Gasteiger partial charge in [0.15, 0.2) is 0 Å². The summed E-state index contributed by atoms with van der Waals surface area (Å²) in [5, 5.41) is 0. The van der Waals surface area contributed by atoms with Crippen LogP contribution in [0.1, 0.15) is 72.3 Å². The standard InChI is InChI=1S/C20H27N3O2/c24-18(22-12-4-5-13-22)16-7-6-8-17(21-16)19(25)23-14-11-20(15-23)9-2-1-3-10-20/h6-8H,1-5,9-15H2. The molecular weight excluding hydrogens is 314 g/mol. The third-order valence-corrected chi connectivity index (χ3v) is 6.22. The maximum Gasteiger partial charge on any atom is 0.272 e. The number of amides is 2. The maximum absolute atomic E-state index is 12.9. The molecule has 0 aromatic carbocycles. The van der Waals surface area contributed by atoms with Crippen LogP contribution in [0.5, 0.6) is 0 Å². The second-order valence-electron chi connectivity index (χ2n) is 7.94. The Morgan fingerprint density at radius 1 is 0.800 bits per heavy atom. The Bertz CT molecular complexity index is 661. The molecule has 3 fully saturated rings. The Morgan fingerprint density at radius 3 is 2.12 bits per heavy atom. The second kappa shape index (κ2) is 6.77. The lowest BCUT2D eigenvalue weighted by molar-refractivity contribution is 0.0751. The summed E-state index contributed by atoms with van der Waals surface area (Å²) in [7, 11) is 0. The maximum atomic E-state index is 12.9. The first-order valence-corrected chi connectivity index (χ1v) is 9.73. The summed E-state index contributed by atoms with van der Waals surface area (Å²) >= 11 is 0. The summed E-state index contributed by atoms with van der Waals surface area (Å²) in [6, 6.07) is 5.26. The molecule has 1 aromatic heterocycles. The van der Waals surface area contributed by atoms with Crippen molar-refractivity contribution in [3.8, 4) is 0 Å². The van der Waals surface area contributed by atoms with Crippen molar-refractivity contribution in [1.82, 2.24) is 14.8 Å². The van der Waals surface area contributed by atoms with E-state index in [9.17, 15) is 9.59 Å². The SMILES string of the molecule is O=C(c1cccc(C(=O)N2CCC3(CCCCC3)C2)n1)N1CCCC1. The predicted octanol–water partition coefficient (Wildman–Crippen LogP) is 3.11. The van der Waals surface area contributed by atoms with E-state index in [-0.39, 0.29) is 11.8 Å². The minimum Gasteiger partial charge on any atom is -0.337 e. The monoisotopic (exact) mass is 341 g/mol. The third-order valence-electron chi connectivity index (χ3n) is 6.22. The number of hydrogen-bond acceptors (Lipinski definition) is 3. The summed E-state index contributed by atoms with van der Waals surface area (Å²) in [6.07, 6.45) is 9.64. The van der Waals surface area contributed by atoms with E-state index < -0.39 is 0 Å². The average Bonchev–Trinajstić information content (AvgIpc) is 3.32. The first kappa shape index (κ1) is 16.6. The van der Waals surface area contributed by atoms with Crippen LogP contribution < -0.4 is 0 Å². The lowest BCUT2D eigenvalue weighted by Gasteiger charge is -2.33. The van der Waals surface area contributed by atoms with Gasteiger partial charge in [0.1, 0.15) is 11.4 Å². The highest BCUT2D eigenvalue weighted by atomic mass is 16.2. The number of rotatable bonds is 2. The number of likely N-dealkylation sites (tertiary alicyclic amines) is 2. The molecule has 0 unspecified atom stereocenters. The van der Waals surface area contributed by atoms with Crippen LogP contribution in [-0.4, -0.2) is 52.8 Å². The van der Waals surface area contributed by atoms with Gasteiger partial charge < -0.3 is 9.80 Å².